The Morgan fingerprint density at radius 3 is 2.04 bits per heavy atom. The summed E-state index contributed by atoms with van der Waals surface area (Å²) in [5.74, 6) is 0.606. The first-order chi connectivity index (χ1) is 13.3. The van der Waals surface area contributed by atoms with E-state index in [2.05, 4.69) is 9.97 Å². The molecule has 146 valence electrons. The predicted molar refractivity (Wildman–Crippen MR) is 103 cm³/mol. The smallest absolute Gasteiger partial charge is 0.421 e. The van der Waals surface area contributed by atoms with Crippen molar-refractivity contribution in [3.63, 3.8) is 0 Å². The molecular weight excluding hydrogens is 369 g/mol. The fourth-order valence-corrected chi connectivity index (χ4v) is 2.68. The maximum atomic E-state index is 13.5. The van der Waals surface area contributed by atoms with Crippen molar-refractivity contribution >= 4 is 23.1 Å². The third-order valence-corrected chi connectivity index (χ3v) is 4.28. The molecule has 5 nitrogen and oxygen atoms in total. The Morgan fingerprint density at radius 1 is 0.857 bits per heavy atom. The molecule has 0 spiro atoms. The van der Waals surface area contributed by atoms with E-state index in [1.807, 2.05) is 0 Å². The first-order valence-corrected chi connectivity index (χ1v) is 8.42. The molecule has 3 aromatic rings. The number of rotatable bonds is 5. The van der Waals surface area contributed by atoms with Crippen molar-refractivity contribution in [2.45, 2.75) is 6.18 Å². The molecule has 28 heavy (non-hydrogen) atoms. The van der Waals surface area contributed by atoms with Crippen LogP contribution in [0.1, 0.15) is 5.56 Å². The summed E-state index contributed by atoms with van der Waals surface area (Å²) < 4.78 is 45.7. The van der Waals surface area contributed by atoms with Crippen LogP contribution in [0.15, 0.2) is 60.8 Å². The van der Waals surface area contributed by atoms with Gasteiger partial charge in [-0.25, -0.2) is 4.98 Å². The lowest BCUT2D eigenvalue weighted by Crippen LogP contribution is -2.21. The number of hydrogen-bond donors (Lipinski definition) is 0. The normalized spacial score (nSPS) is 11.2. The summed E-state index contributed by atoms with van der Waals surface area (Å²) >= 11 is 0. The van der Waals surface area contributed by atoms with Crippen LogP contribution in [0.2, 0.25) is 0 Å². The van der Waals surface area contributed by atoms with Crippen molar-refractivity contribution in [3.05, 3.63) is 66.4 Å². The second-order valence-electron chi connectivity index (χ2n) is 6.06. The summed E-state index contributed by atoms with van der Waals surface area (Å²) in [6.45, 7) is 0. The van der Waals surface area contributed by atoms with Gasteiger partial charge in [-0.1, -0.05) is 18.2 Å². The molecule has 0 aliphatic carbocycles. The Bertz CT molecular complexity index is 930. The summed E-state index contributed by atoms with van der Waals surface area (Å²) in [7, 11) is 4.80. The van der Waals surface area contributed by atoms with Gasteiger partial charge in [-0.2, -0.15) is 18.2 Å². The zero-order valence-corrected chi connectivity index (χ0v) is 15.6. The van der Waals surface area contributed by atoms with Crippen LogP contribution in [0, 0.1) is 0 Å². The van der Waals surface area contributed by atoms with E-state index < -0.39 is 11.7 Å². The monoisotopic (exact) mass is 388 g/mol. The lowest BCUT2D eigenvalue weighted by molar-refractivity contribution is -0.137. The number of aromatic nitrogens is 2. The van der Waals surface area contributed by atoms with Crippen LogP contribution in [-0.2, 0) is 6.18 Å². The summed E-state index contributed by atoms with van der Waals surface area (Å²) in [5, 5.41) is 0. The van der Waals surface area contributed by atoms with Gasteiger partial charge >= 0.3 is 6.18 Å². The molecule has 0 radical (unpaired) electrons. The number of para-hydroxylation sites is 1. The minimum absolute atomic E-state index is 0.149. The Hall–Kier alpha value is -3.29. The van der Waals surface area contributed by atoms with Crippen molar-refractivity contribution in [1.82, 2.24) is 9.97 Å². The number of nitrogens with zero attached hydrogens (tertiary/aromatic N) is 4. The van der Waals surface area contributed by atoms with Crippen LogP contribution < -0.4 is 14.5 Å². The van der Waals surface area contributed by atoms with Gasteiger partial charge in [-0.05, 0) is 36.4 Å². The number of anilines is 4. The van der Waals surface area contributed by atoms with Crippen LogP contribution in [0.4, 0.5) is 36.3 Å². The predicted octanol–water partition coefficient (Wildman–Crippen LogP) is 5.04. The van der Waals surface area contributed by atoms with E-state index in [-0.39, 0.29) is 11.8 Å². The van der Waals surface area contributed by atoms with Gasteiger partial charge < -0.3 is 14.5 Å². The molecule has 0 unspecified atom stereocenters. The molecule has 0 aliphatic heterocycles. The van der Waals surface area contributed by atoms with Crippen LogP contribution in [0.25, 0.3) is 0 Å². The van der Waals surface area contributed by atoms with E-state index in [9.17, 15) is 13.2 Å². The first-order valence-electron chi connectivity index (χ1n) is 8.42. The van der Waals surface area contributed by atoms with Gasteiger partial charge in [0.15, 0.2) is 5.82 Å². The van der Waals surface area contributed by atoms with E-state index in [1.54, 1.807) is 80.7 Å². The van der Waals surface area contributed by atoms with Crippen molar-refractivity contribution in [3.8, 4) is 5.75 Å². The summed E-state index contributed by atoms with van der Waals surface area (Å²) in [5.41, 5.74) is 0.407. The summed E-state index contributed by atoms with van der Waals surface area (Å²) in [6.07, 6.45) is -3.76. The zero-order valence-electron chi connectivity index (χ0n) is 15.6. The fourth-order valence-electron chi connectivity index (χ4n) is 2.68. The van der Waals surface area contributed by atoms with Gasteiger partial charge in [0.25, 0.3) is 0 Å². The topological polar surface area (TPSA) is 41.5 Å². The number of halogens is 3. The largest absolute Gasteiger partial charge is 0.497 e. The lowest BCUT2D eigenvalue weighted by Gasteiger charge is -2.25. The van der Waals surface area contributed by atoms with E-state index in [0.29, 0.717) is 17.1 Å². The maximum Gasteiger partial charge on any atom is 0.421 e. The Balaban J connectivity index is 2.04. The van der Waals surface area contributed by atoms with Gasteiger partial charge in [-0.15, -0.1) is 0 Å². The van der Waals surface area contributed by atoms with Gasteiger partial charge in [-0.3, -0.25) is 0 Å². The second-order valence-corrected chi connectivity index (χ2v) is 6.06. The molecule has 1 heterocycles. The molecule has 0 fully saturated rings. The quantitative estimate of drug-likeness (QED) is 0.613. The van der Waals surface area contributed by atoms with Gasteiger partial charge in [0.1, 0.15) is 11.3 Å². The molecule has 1 aromatic heterocycles. The van der Waals surface area contributed by atoms with Crippen LogP contribution in [-0.4, -0.2) is 31.2 Å². The van der Waals surface area contributed by atoms with Crippen molar-refractivity contribution in [1.29, 1.82) is 0 Å². The third kappa shape index (κ3) is 4.00. The van der Waals surface area contributed by atoms with Crippen molar-refractivity contribution in [2.24, 2.45) is 0 Å². The zero-order chi connectivity index (χ0) is 20.3. The summed E-state index contributed by atoms with van der Waals surface area (Å²) in [6, 6.07) is 15.8. The molecule has 0 amide bonds. The minimum atomic E-state index is -4.57. The number of methoxy groups -OCH3 is 1. The van der Waals surface area contributed by atoms with Crippen molar-refractivity contribution in [2.75, 3.05) is 31.0 Å². The van der Waals surface area contributed by atoms with Gasteiger partial charge in [0.05, 0.1) is 7.11 Å². The molecule has 0 N–H and O–H groups in total. The van der Waals surface area contributed by atoms with Gasteiger partial charge in [0.2, 0.25) is 5.95 Å². The molecule has 8 heteroatoms. The molecule has 0 saturated heterocycles. The fraction of sp³-hybridized carbons (Fsp3) is 0.200. The first kappa shape index (κ1) is 19.5. The molecule has 0 bridgehead atoms. The number of benzene rings is 2. The Labute approximate surface area is 161 Å². The second kappa shape index (κ2) is 7.75. The average Bonchev–Trinajstić information content (AvgIpc) is 2.72. The molecule has 0 aliphatic rings. The van der Waals surface area contributed by atoms with Gasteiger partial charge in [0, 0.05) is 31.7 Å². The van der Waals surface area contributed by atoms with E-state index in [0.717, 1.165) is 6.20 Å². The Morgan fingerprint density at radius 2 is 1.46 bits per heavy atom. The molecular formula is C20H19F3N4O. The standard InChI is InChI=1S/C20H19F3N4O/c1-26(14-7-5-4-6-8-14)18-17(20(21,22)23)13-24-19(25-18)27(2)15-9-11-16(28-3)12-10-15/h4-13H,1-3H3. The van der Waals surface area contributed by atoms with Crippen LogP contribution in [0.3, 0.4) is 0 Å². The molecule has 3 rings (SSSR count). The number of ether oxygens (including phenoxy) is 1. The van der Waals surface area contributed by atoms with Crippen LogP contribution >= 0.6 is 0 Å². The minimum Gasteiger partial charge on any atom is -0.497 e. The SMILES string of the molecule is COc1ccc(N(C)c2ncc(C(F)(F)F)c(N(C)c3ccccc3)n2)cc1. The highest BCUT2D eigenvalue weighted by Crippen LogP contribution is 2.38. The lowest BCUT2D eigenvalue weighted by atomic mass is 10.2. The van der Waals surface area contributed by atoms with Crippen molar-refractivity contribution < 1.29 is 17.9 Å². The molecule has 0 saturated carbocycles. The van der Waals surface area contributed by atoms with E-state index in [4.69, 9.17) is 4.74 Å². The van der Waals surface area contributed by atoms with E-state index >= 15 is 0 Å². The van der Waals surface area contributed by atoms with Crippen LogP contribution in [0.5, 0.6) is 5.75 Å². The average molecular weight is 388 g/mol. The Kier molecular flexibility index (Phi) is 5.39. The summed E-state index contributed by atoms with van der Waals surface area (Å²) in [4.78, 5) is 11.2. The highest BCUT2D eigenvalue weighted by Gasteiger charge is 2.36. The highest BCUT2D eigenvalue weighted by molar-refractivity contribution is 5.65. The van der Waals surface area contributed by atoms with E-state index in [1.165, 1.54) is 4.90 Å². The number of alkyl halides is 3. The third-order valence-electron chi connectivity index (χ3n) is 4.28. The highest BCUT2D eigenvalue weighted by atomic mass is 19.4. The molecule has 0 atom stereocenters. The maximum absolute atomic E-state index is 13.5. The number of hydrogen-bond acceptors (Lipinski definition) is 5. The molecule has 2 aromatic carbocycles.